The molecule has 0 atom stereocenters. The van der Waals surface area contributed by atoms with Crippen LogP contribution in [-0.4, -0.2) is 54.7 Å². The molecule has 3 heterocycles. The molecule has 2 aliphatic heterocycles. The summed E-state index contributed by atoms with van der Waals surface area (Å²) in [5, 5.41) is 0. The molecule has 0 aliphatic carbocycles. The number of hydrogen-bond acceptors (Lipinski definition) is 5. The molecule has 1 fully saturated rings. The van der Waals surface area contributed by atoms with E-state index in [1.165, 1.54) is 5.56 Å². The fraction of sp³-hybridized carbons (Fsp3) is 0.417. The monoisotopic (exact) mass is 421 g/mol. The summed E-state index contributed by atoms with van der Waals surface area (Å²) in [5.41, 5.74) is 4.48. The van der Waals surface area contributed by atoms with E-state index in [2.05, 4.69) is 22.1 Å². The Morgan fingerprint density at radius 3 is 2.61 bits per heavy atom. The summed E-state index contributed by atoms with van der Waals surface area (Å²) in [4.78, 5) is 22.7. The lowest BCUT2D eigenvalue weighted by molar-refractivity contribution is -0.0936. The van der Waals surface area contributed by atoms with Gasteiger partial charge in [-0.05, 0) is 67.6 Å². The maximum atomic E-state index is 13.2. The van der Waals surface area contributed by atoms with Gasteiger partial charge in [0.05, 0.1) is 37.5 Å². The van der Waals surface area contributed by atoms with Crippen molar-refractivity contribution in [1.29, 1.82) is 0 Å². The standard InChI is InChI=1S/C24H27N3O4/c1-15-25-19-5-4-17(12-20(19)26-15)23(28)27-9-7-24(8-10-27)18-14-22(30-3)21(29-2)13-16(18)6-11-31-24/h4-5,12-14H,6-11H2,1-3H3,(H,25,26). The number of fused-ring (bicyclic) bond motifs is 3. The molecule has 1 saturated heterocycles. The number of hydrogen-bond donors (Lipinski definition) is 1. The van der Waals surface area contributed by atoms with Crippen LogP contribution >= 0.6 is 0 Å². The molecular weight excluding hydrogens is 394 g/mol. The van der Waals surface area contributed by atoms with Gasteiger partial charge in [-0.2, -0.15) is 0 Å². The Morgan fingerprint density at radius 2 is 1.87 bits per heavy atom. The van der Waals surface area contributed by atoms with Crippen LogP contribution in [0.2, 0.25) is 0 Å². The van der Waals surface area contributed by atoms with E-state index >= 15 is 0 Å². The number of imidazole rings is 1. The molecule has 1 amide bonds. The number of carbonyl (C=O) groups is 1. The highest BCUT2D eigenvalue weighted by molar-refractivity contribution is 5.97. The normalized spacial score (nSPS) is 17.6. The Morgan fingerprint density at radius 1 is 1.13 bits per heavy atom. The van der Waals surface area contributed by atoms with Crippen molar-refractivity contribution in [3.8, 4) is 11.5 Å². The number of nitrogens with zero attached hydrogens (tertiary/aromatic N) is 2. The summed E-state index contributed by atoms with van der Waals surface area (Å²) in [6.45, 7) is 3.88. The van der Waals surface area contributed by atoms with Gasteiger partial charge in [0.15, 0.2) is 11.5 Å². The van der Waals surface area contributed by atoms with Gasteiger partial charge in [0.2, 0.25) is 0 Å². The molecule has 7 heteroatoms. The van der Waals surface area contributed by atoms with Crippen LogP contribution in [0.1, 0.15) is 40.2 Å². The number of aryl methyl sites for hydroxylation is 1. The van der Waals surface area contributed by atoms with Crippen molar-refractivity contribution in [2.24, 2.45) is 0 Å². The van der Waals surface area contributed by atoms with E-state index in [1.54, 1.807) is 14.2 Å². The molecular formula is C24H27N3O4. The molecule has 0 bridgehead atoms. The average molecular weight is 421 g/mol. The largest absolute Gasteiger partial charge is 0.493 e. The predicted octanol–water partition coefficient (Wildman–Crippen LogP) is 3.59. The SMILES string of the molecule is COc1cc2c(cc1OC)C1(CCN(C(=O)c3ccc4nc(C)[nH]c4c3)CC1)OCC2. The fourth-order valence-corrected chi connectivity index (χ4v) is 4.92. The number of nitrogens with one attached hydrogen (secondary N) is 1. The second kappa shape index (κ2) is 7.57. The molecule has 3 aromatic rings. The minimum Gasteiger partial charge on any atom is -0.493 e. The number of carbonyl (C=O) groups excluding carboxylic acids is 1. The molecule has 2 aromatic carbocycles. The van der Waals surface area contributed by atoms with Gasteiger partial charge in [-0.1, -0.05) is 0 Å². The van der Waals surface area contributed by atoms with E-state index in [4.69, 9.17) is 14.2 Å². The van der Waals surface area contributed by atoms with Gasteiger partial charge in [-0.3, -0.25) is 4.79 Å². The first kappa shape index (κ1) is 19.9. The number of likely N-dealkylation sites (tertiary alicyclic amines) is 1. The molecule has 5 rings (SSSR count). The molecule has 2 aliphatic rings. The molecule has 1 aromatic heterocycles. The summed E-state index contributed by atoms with van der Waals surface area (Å²) >= 11 is 0. The van der Waals surface area contributed by atoms with E-state index in [0.29, 0.717) is 31.0 Å². The zero-order chi connectivity index (χ0) is 21.6. The van der Waals surface area contributed by atoms with Gasteiger partial charge in [0.1, 0.15) is 5.82 Å². The number of aromatic nitrogens is 2. The molecule has 0 unspecified atom stereocenters. The van der Waals surface area contributed by atoms with Gasteiger partial charge < -0.3 is 24.1 Å². The van der Waals surface area contributed by atoms with Crippen LogP contribution in [-0.2, 0) is 16.8 Å². The summed E-state index contributed by atoms with van der Waals surface area (Å²) in [5.74, 6) is 2.36. The summed E-state index contributed by atoms with van der Waals surface area (Å²) in [7, 11) is 3.31. The first-order valence-electron chi connectivity index (χ1n) is 10.7. The maximum absolute atomic E-state index is 13.2. The Balaban J connectivity index is 1.38. The van der Waals surface area contributed by atoms with Gasteiger partial charge in [-0.15, -0.1) is 0 Å². The Kier molecular flexibility index (Phi) is 4.85. The molecule has 0 radical (unpaired) electrons. The van der Waals surface area contributed by atoms with Crippen molar-refractivity contribution >= 4 is 16.9 Å². The van der Waals surface area contributed by atoms with Gasteiger partial charge in [-0.25, -0.2) is 4.98 Å². The highest BCUT2D eigenvalue weighted by Gasteiger charge is 2.42. The zero-order valence-electron chi connectivity index (χ0n) is 18.2. The Hall–Kier alpha value is -3.06. The minimum atomic E-state index is -0.381. The molecule has 162 valence electrons. The average Bonchev–Trinajstić information content (AvgIpc) is 3.17. The molecule has 0 saturated carbocycles. The molecule has 1 spiro atoms. The van der Waals surface area contributed by atoms with Crippen molar-refractivity contribution in [2.45, 2.75) is 31.8 Å². The number of benzene rings is 2. The maximum Gasteiger partial charge on any atom is 0.253 e. The number of rotatable bonds is 3. The first-order chi connectivity index (χ1) is 15.0. The topological polar surface area (TPSA) is 76.7 Å². The molecule has 7 nitrogen and oxygen atoms in total. The number of piperidine rings is 1. The number of aromatic amines is 1. The van der Waals surface area contributed by atoms with Crippen LogP contribution in [0.5, 0.6) is 11.5 Å². The Labute approximate surface area is 181 Å². The lowest BCUT2D eigenvalue weighted by Crippen LogP contribution is -2.48. The minimum absolute atomic E-state index is 0.0485. The lowest BCUT2D eigenvalue weighted by Gasteiger charge is -2.45. The van der Waals surface area contributed by atoms with Crippen molar-refractivity contribution < 1.29 is 19.0 Å². The van der Waals surface area contributed by atoms with Gasteiger partial charge in [0.25, 0.3) is 5.91 Å². The fourth-order valence-electron chi connectivity index (χ4n) is 4.92. The second-order valence-electron chi connectivity index (χ2n) is 8.30. The second-order valence-corrected chi connectivity index (χ2v) is 8.30. The lowest BCUT2D eigenvalue weighted by atomic mass is 9.79. The van der Waals surface area contributed by atoms with Crippen LogP contribution in [0.15, 0.2) is 30.3 Å². The van der Waals surface area contributed by atoms with E-state index in [-0.39, 0.29) is 11.5 Å². The van der Waals surface area contributed by atoms with Crippen molar-refractivity contribution in [3.05, 3.63) is 52.8 Å². The quantitative estimate of drug-likeness (QED) is 0.699. The first-order valence-corrected chi connectivity index (χ1v) is 10.7. The van der Waals surface area contributed by atoms with E-state index in [9.17, 15) is 4.79 Å². The van der Waals surface area contributed by atoms with Crippen molar-refractivity contribution in [2.75, 3.05) is 33.9 Å². The van der Waals surface area contributed by atoms with Crippen LogP contribution in [0, 0.1) is 6.92 Å². The summed E-state index contributed by atoms with van der Waals surface area (Å²) in [6, 6.07) is 9.78. The van der Waals surface area contributed by atoms with Crippen LogP contribution in [0.25, 0.3) is 11.0 Å². The third-order valence-corrected chi connectivity index (χ3v) is 6.56. The number of amides is 1. The zero-order valence-corrected chi connectivity index (χ0v) is 18.2. The van der Waals surface area contributed by atoms with Crippen LogP contribution < -0.4 is 9.47 Å². The number of ether oxygens (including phenoxy) is 3. The van der Waals surface area contributed by atoms with Crippen LogP contribution in [0.3, 0.4) is 0 Å². The van der Waals surface area contributed by atoms with Crippen LogP contribution in [0.4, 0.5) is 0 Å². The Bertz CT molecular complexity index is 1150. The van der Waals surface area contributed by atoms with Crippen molar-refractivity contribution in [1.82, 2.24) is 14.9 Å². The van der Waals surface area contributed by atoms with E-state index < -0.39 is 0 Å². The number of H-pyrrole nitrogens is 1. The van der Waals surface area contributed by atoms with Gasteiger partial charge >= 0.3 is 0 Å². The van der Waals surface area contributed by atoms with Crippen molar-refractivity contribution in [3.63, 3.8) is 0 Å². The smallest absolute Gasteiger partial charge is 0.253 e. The molecule has 1 N–H and O–H groups in total. The third kappa shape index (κ3) is 3.33. The highest BCUT2D eigenvalue weighted by Crippen LogP contribution is 2.45. The van der Waals surface area contributed by atoms with Gasteiger partial charge in [0, 0.05) is 18.7 Å². The summed E-state index contributed by atoms with van der Waals surface area (Å²) < 4.78 is 17.4. The predicted molar refractivity (Wildman–Crippen MR) is 117 cm³/mol. The summed E-state index contributed by atoms with van der Waals surface area (Å²) in [6.07, 6.45) is 2.36. The number of methoxy groups -OCH3 is 2. The highest BCUT2D eigenvalue weighted by atomic mass is 16.5. The third-order valence-electron chi connectivity index (χ3n) is 6.56. The molecule has 31 heavy (non-hydrogen) atoms. The van der Waals surface area contributed by atoms with E-state index in [0.717, 1.165) is 47.4 Å². The van der Waals surface area contributed by atoms with E-state index in [1.807, 2.05) is 30.0 Å².